The zero-order chi connectivity index (χ0) is 12.3. The minimum absolute atomic E-state index is 0.246. The highest BCUT2D eigenvalue weighted by molar-refractivity contribution is 5.89. The second-order valence-corrected chi connectivity index (χ2v) is 3.76. The molecular weight excluding hydrogens is 212 g/mol. The molecule has 6 nitrogen and oxygen atoms in total. The fourth-order valence-corrected chi connectivity index (χ4v) is 1.05. The van der Waals surface area contributed by atoms with Gasteiger partial charge in [0.15, 0.2) is 5.54 Å². The van der Waals surface area contributed by atoms with Crippen LogP contribution in [0.3, 0.4) is 0 Å². The number of hydrogen-bond donors (Lipinski definition) is 1. The fourth-order valence-electron chi connectivity index (χ4n) is 1.05. The van der Waals surface area contributed by atoms with E-state index in [-0.39, 0.29) is 12.2 Å². The van der Waals surface area contributed by atoms with Crippen LogP contribution in [0.25, 0.3) is 0 Å². The molecule has 88 valence electrons. The number of aliphatic carboxylic acids is 1. The summed E-state index contributed by atoms with van der Waals surface area (Å²) in [6, 6.07) is 0. The molecule has 0 unspecified atom stereocenters. The minimum Gasteiger partial charge on any atom is -0.479 e. The summed E-state index contributed by atoms with van der Waals surface area (Å²) >= 11 is 0. The summed E-state index contributed by atoms with van der Waals surface area (Å²) in [5.41, 5.74) is -0.943. The monoisotopic (exact) mass is 226 g/mol. The number of esters is 1. The molecule has 0 radical (unpaired) electrons. The Kier molecular flexibility index (Phi) is 3.31. The lowest BCUT2D eigenvalue weighted by atomic mass is 10.1. The Hall–Kier alpha value is -1.85. The van der Waals surface area contributed by atoms with Gasteiger partial charge >= 0.3 is 11.9 Å². The van der Waals surface area contributed by atoms with Crippen LogP contribution >= 0.6 is 0 Å². The van der Waals surface area contributed by atoms with Gasteiger partial charge in [-0.3, -0.25) is 4.68 Å². The van der Waals surface area contributed by atoms with E-state index in [9.17, 15) is 9.59 Å². The molecule has 16 heavy (non-hydrogen) atoms. The van der Waals surface area contributed by atoms with Crippen LogP contribution in [0.5, 0.6) is 0 Å². The van der Waals surface area contributed by atoms with E-state index >= 15 is 0 Å². The molecule has 1 heterocycles. The molecule has 0 saturated carbocycles. The molecule has 0 amide bonds. The van der Waals surface area contributed by atoms with Gasteiger partial charge in [-0.25, -0.2) is 9.59 Å². The first-order chi connectivity index (χ1) is 7.39. The number of rotatable bonds is 4. The zero-order valence-corrected chi connectivity index (χ0v) is 9.43. The number of aromatic nitrogens is 2. The molecule has 0 fully saturated rings. The maximum atomic E-state index is 11.3. The van der Waals surface area contributed by atoms with Crippen molar-refractivity contribution in [1.29, 1.82) is 0 Å². The molecule has 1 N–H and O–H groups in total. The number of carboxylic acid groups (broad SMARTS) is 1. The summed E-state index contributed by atoms with van der Waals surface area (Å²) in [4.78, 5) is 22.3. The second kappa shape index (κ2) is 4.34. The molecule has 1 aromatic heterocycles. The lowest BCUT2D eigenvalue weighted by Crippen LogP contribution is -2.36. The van der Waals surface area contributed by atoms with Crippen molar-refractivity contribution < 1.29 is 19.4 Å². The van der Waals surface area contributed by atoms with Crippen LogP contribution in [-0.4, -0.2) is 33.4 Å². The molecule has 0 aliphatic heterocycles. The third-order valence-corrected chi connectivity index (χ3v) is 2.19. The van der Waals surface area contributed by atoms with E-state index in [0.29, 0.717) is 0 Å². The van der Waals surface area contributed by atoms with Gasteiger partial charge in [-0.1, -0.05) is 0 Å². The van der Waals surface area contributed by atoms with Crippen molar-refractivity contribution >= 4 is 11.9 Å². The normalized spacial score (nSPS) is 11.2. The molecule has 1 aromatic rings. The van der Waals surface area contributed by atoms with Gasteiger partial charge in [0.1, 0.15) is 0 Å². The van der Waals surface area contributed by atoms with Crippen molar-refractivity contribution in [3.05, 3.63) is 18.0 Å². The van der Waals surface area contributed by atoms with E-state index in [1.54, 1.807) is 6.92 Å². The maximum absolute atomic E-state index is 11.3. The van der Waals surface area contributed by atoms with Gasteiger partial charge in [0.2, 0.25) is 0 Å². The highest BCUT2D eigenvalue weighted by atomic mass is 16.5. The molecule has 0 aliphatic carbocycles. The Labute approximate surface area is 92.8 Å². The fraction of sp³-hybridized carbons (Fsp3) is 0.500. The van der Waals surface area contributed by atoms with E-state index in [4.69, 9.17) is 9.84 Å². The number of carbonyl (C=O) groups is 2. The van der Waals surface area contributed by atoms with E-state index in [0.717, 1.165) is 0 Å². The van der Waals surface area contributed by atoms with Gasteiger partial charge in [-0.2, -0.15) is 5.10 Å². The van der Waals surface area contributed by atoms with Crippen LogP contribution in [0.2, 0.25) is 0 Å². The number of carboxylic acids is 1. The number of hydrogen-bond acceptors (Lipinski definition) is 4. The highest BCUT2D eigenvalue weighted by Gasteiger charge is 2.30. The van der Waals surface area contributed by atoms with Crippen LogP contribution in [0.1, 0.15) is 31.1 Å². The van der Waals surface area contributed by atoms with Crippen LogP contribution in [0.4, 0.5) is 0 Å². The first kappa shape index (κ1) is 12.2. The van der Waals surface area contributed by atoms with Gasteiger partial charge in [0, 0.05) is 6.20 Å². The van der Waals surface area contributed by atoms with Gasteiger partial charge < -0.3 is 9.84 Å². The van der Waals surface area contributed by atoms with Crippen LogP contribution in [0.15, 0.2) is 12.4 Å². The van der Waals surface area contributed by atoms with Gasteiger partial charge in [-0.15, -0.1) is 0 Å². The maximum Gasteiger partial charge on any atom is 0.341 e. The van der Waals surface area contributed by atoms with Crippen LogP contribution < -0.4 is 0 Å². The van der Waals surface area contributed by atoms with Gasteiger partial charge in [0.25, 0.3) is 0 Å². The Morgan fingerprint density at radius 2 is 2.19 bits per heavy atom. The Balaban J connectivity index is 2.95. The third kappa shape index (κ3) is 2.21. The number of ether oxygens (including phenoxy) is 1. The van der Waals surface area contributed by atoms with Gasteiger partial charge in [0.05, 0.1) is 18.4 Å². The van der Waals surface area contributed by atoms with Crippen molar-refractivity contribution in [3.8, 4) is 0 Å². The summed E-state index contributed by atoms with van der Waals surface area (Å²) in [7, 11) is 0. The average Bonchev–Trinajstić information content (AvgIpc) is 2.67. The first-order valence-corrected chi connectivity index (χ1v) is 4.85. The Morgan fingerprint density at radius 3 is 2.69 bits per heavy atom. The molecule has 0 bridgehead atoms. The van der Waals surface area contributed by atoms with Gasteiger partial charge in [-0.05, 0) is 20.8 Å². The van der Waals surface area contributed by atoms with Crippen molar-refractivity contribution in [2.45, 2.75) is 26.3 Å². The van der Waals surface area contributed by atoms with Crippen LogP contribution in [0, 0.1) is 0 Å². The van der Waals surface area contributed by atoms with Crippen molar-refractivity contribution in [3.63, 3.8) is 0 Å². The van der Waals surface area contributed by atoms with E-state index in [1.807, 2.05) is 0 Å². The summed E-state index contributed by atoms with van der Waals surface area (Å²) < 4.78 is 6.00. The van der Waals surface area contributed by atoms with E-state index in [1.165, 1.54) is 30.9 Å². The number of carbonyl (C=O) groups excluding carboxylic acids is 1. The topological polar surface area (TPSA) is 81.4 Å². The number of nitrogens with zero attached hydrogens (tertiary/aromatic N) is 2. The average molecular weight is 226 g/mol. The summed E-state index contributed by atoms with van der Waals surface area (Å²) in [6.07, 6.45) is 2.66. The van der Waals surface area contributed by atoms with Crippen molar-refractivity contribution in [1.82, 2.24) is 9.78 Å². The predicted octanol–water partition coefficient (Wildman–Crippen LogP) is 0.879. The molecule has 6 heteroatoms. The smallest absolute Gasteiger partial charge is 0.341 e. The third-order valence-electron chi connectivity index (χ3n) is 2.19. The van der Waals surface area contributed by atoms with Crippen molar-refractivity contribution in [2.75, 3.05) is 6.61 Å². The van der Waals surface area contributed by atoms with E-state index in [2.05, 4.69) is 5.10 Å². The lowest BCUT2D eigenvalue weighted by molar-refractivity contribution is -0.146. The molecule has 0 aromatic carbocycles. The SMILES string of the molecule is CCOC(=O)c1cnn(C(C)(C)C(=O)O)c1. The molecular formula is C10H14N2O4. The van der Waals surface area contributed by atoms with Crippen LogP contribution in [-0.2, 0) is 15.1 Å². The quantitative estimate of drug-likeness (QED) is 0.771. The zero-order valence-electron chi connectivity index (χ0n) is 9.43. The Bertz CT molecular complexity index is 409. The standard InChI is InChI=1S/C10H14N2O4/c1-4-16-8(13)7-5-11-12(6-7)10(2,3)9(14)15/h5-6H,4H2,1-3H3,(H,14,15). The molecule has 0 atom stereocenters. The summed E-state index contributed by atoms with van der Waals surface area (Å²) in [5.74, 6) is -1.53. The summed E-state index contributed by atoms with van der Waals surface area (Å²) in [6.45, 7) is 4.96. The first-order valence-electron chi connectivity index (χ1n) is 4.85. The lowest BCUT2D eigenvalue weighted by Gasteiger charge is -2.19. The van der Waals surface area contributed by atoms with E-state index < -0.39 is 17.5 Å². The molecule has 0 spiro atoms. The summed E-state index contributed by atoms with van der Waals surface area (Å²) in [5, 5.41) is 12.8. The minimum atomic E-state index is -1.19. The largest absolute Gasteiger partial charge is 0.479 e. The molecule has 0 aliphatic rings. The highest BCUT2D eigenvalue weighted by Crippen LogP contribution is 2.15. The molecule has 1 rings (SSSR count). The Morgan fingerprint density at radius 1 is 1.56 bits per heavy atom. The second-order valence-electron chi connectivity index (χ2n) is 3.76. The molecule has 0 saturated heterocycles. The van der Waals surface area contributed by atoms with Crippen molar-refractivity contribution in [2.24, 2.45) is 0 Å². The predicted molar refractivity (Wildman–Crippen MR) is 55.1 cm³/mol.